The summed E-state index contributed by atoms with van der Waals surface area (Å²) in [6.45, 7) is 3.26. The van der Waals surface area contributed by atoms with Crippen LogP contribution in [0.3, 0.4) is 0 Å². The summed E-state index contributed by atoms with van der Waals surface area (Å²) in [5, 5.41) is 3.57. The lowest BCUT2D eigenvalue weighted by Gasteiger charge is -2.16. The Morgan fingerprint density at radius 3 is 2.73 bits per heavy atom. The van der Waals surface area contributed by atoms with Crippen molar-refractivity contribution in [2.24, 2.45) is 5.92 Å². The predicted molar refractivity (Wildman–Crippen MR) is 60.5 cm³/mol. The zero-order valence-electron chi connectivity index (χ0n) is 9.32. The lowest BCUT2D eigenvalue weighted by atomic mass is 10.0. The van der Waals surface area contributed by atoms with Gasteiger partial charge in [0.1, 0.15) is 6.33 Å². The molecular formula is C12H19N3. The van der Waals surface area contributed by atoms with Crippen LogP contribution in [-0.4, -0.2) is 22.6 Å². The fourth-order valence-electron chi connectivity index (χ4n) is 2.05. The molecule has 82 valence electrons. The van der Waals surface area contributed by atoms with E-state index in [0.29, 0.717) is 6.04 Å². The summed E-state index contributed by atoms with van der Waals surface area (Å²) >= 11 is 0. The van der Waals surface area contributed by atoms with Gasteiger partial charge in [-0.25, -0.2) is 9.97 Å². The molecule has 0 spiro atoms. The third kappa shape index (κ3) is 3.27. The summed E-state index contributed by atoms with van der Waals surface area (Å²) in [4.78, 5) is 8.08. The number of nitrogens with zero attached hydrogens (tertiary/aromatic N) is 2. The second kappa shape index (κ2) is 5.21. The van der Waals surface area contributed by atoms with E-state index in [-0.39, 0.29) is 0 Å². The van der Waals surface area contributed by atoms with Gasteiger partial charge in [0.2, 0.25) is 0 Å². The molecule has 0 aliphatic heterocycles. The van der Waals surface area contributed by atoms with Crippen molar-refractivity contribution in [2.75, 3.05) is 6.54 Å². The van der Waals surface area contributed by atoms with Crippen molar-refractivity contribution in [2.45, 2.75) is 38.6 Å². The van der Waals surface area contributed by atoms with Crippen LogP contribution < -0.4 is 5.32 Å². The van der Waals surface area contributed by atoms with E-state index in [9.17, 15) is 0 Å². The minimum absolute atomic E-state index is 0.704. The van der Waals surface area contributed by atoms with Crippen LogP contribution in [0.15, 0.2) is 18.7 Å². The summed E-state index contributed by atoms with van der Waals surface area (Å²) in [5.41, 5.74) is 1.25. The van der Waals surface area contributed by atoms with Crippen LogP contribution in [0.2, 0.25) is 0 Å². The van der Waals surface area contributed by atoms with Crippen molar-refractivity contribution in [1.82, 2.24) is 15.3 Å². The largest absolute Gasteiger partial charge is 0.314 e. The highest BCUT2D eigenvalue weighted by Gasteiger charge is 2.29. The molecule has 1 unspecified atom stereocenters. The Hall–Kier alpha value is -0.960. The summed E-state index contributed by atoms with van der Waals surface area (Å²) in [7, 11) is 0. The molecule has 15 heavy (non-hydrogen) atoms. The number of hydrogen-bond acceptors (Lipinski definition) is 3. The summed E-state index contributed by atoms with van der Waals surface area (Å²) in [6, 6.07) is 0.704. The van der Waals surface area contributed by atoms with E-state index in [1.54, 1.807) is 6.33 Å². The Morgan fingerprint density at radius 2 is 2.13 bits per heavy atom. The molecule has 2 rings (SSSR count). The zero-order valence-corrected chi connectivity index (χ0v) is 9.32. The Balaban J connectivity index is 1.80. The highest BCUT2D eigenvalue weighted by Crippen LogP contribution is 2.34. The van der Waals surface area contributed by atoms with Gasteiger partial charge in [0.05, 0.1) is 0 Å². The molecular weight excluding hydrogens is 186 g/mol. The van der Waals surface area contributed by atoms with Crippen molar-refractivity contribution in [1.29, 1.82) is 0 Å². The van der Waals surface area contributed by atoms with Gasteiger partial charge in [-0.2, -0.15) is 0 Å². The Kier molecular flexibility index (Phi) is 3.67. The van der Waals surface area contributed by atoms with Gasteiger partial charge in [0, 0.05) is 18.4 Å². The van der Waals surface area contributed by atoms with Gasteiger partial charge in [-0.3, -0.25) is 0 Å². The number of rotatable bonds is 6. The van der Waals surface area contributed by atoms with Crippen LogP contribution in [0.25, 0.3) is 0 Å². The normalized spacial score (nSPS) is 17.7. The zero-order chi connectivity index (χ0) is 10.5. The van der Waals surface area contributed by atoms with E-state index < -0.39 is 0 Å². The second-order valence-corrected chi connectivity index (χ2v) is 4.29. The molecule has 1 aromatic rings. The standard InChI is InChI=1S/C12H19N3/c1-2-15-12(11-4-5-11)6-3-10-7-13-9-14-8-10/h7-9,11-12,15H,2-6H2,1H3. The molecule has 0 bridgehead atoms. The number of hydrogen-bond donors (Lipinski definition) is 1. The van der Waals surface area contributed by atoms with Crippen molar-refractivity contribution in [3.8, 4) is 0 Å². The van der Waals surface area contributed by atoms with Gasteiger partial charge in [-0.05, 0) is 43.7 Å². The van der Waals surface area contributed by atoms with Crippen molar-refractivity contribution in [3.63, 3.8) is 0 Å². The molecule has 1 atom stereocenters. The summed E-state index contributed by atoms with van der Waals surface area (Å²) < 4.78 is 0. The number of nitrogens with one attached hydrogen (secondary N) is 1. The van der Waals surface area contributed by atoms with Gasteiger partial charge in [-0.1, -0.05) is 6.92 Å². The van der Waals surface area contributed by atoms with Crippen LogP contribution >= 0.6 is 0 Å². The van der Waals surface area contributed by atoms with E-state index in [1.807, 2.05) is 12.4 Å². The lowest BCUT2D eigenvalue weighted by molar-refractivity contribution is 0.446. The quantitative estimate of drug-likeness (QED) is 0.769. The van der Waals surface area contributed by atoms with Crippen molar-refractivity contribution in [3.05, 3.63) is 24.3 Å². The van der Waals surface area contributed by atoms with Crippen LogP contribution in [0.4, 0.5) is 0 Å². The SMILES string of the molecule is CCNC(CCc1cncnc1)C1CC1. The maximum atomic E-state index is 4.04. The molecule has 0 aromatic carbocycles. The molecule has 1 N–H and O–H groups in total. The molecule has 0 saturated heterocycles. The molecule has 1 fully saturated rings. The van der Waals surface area contributed by atoms with Crippen LogP contribution in [0.1, 0.15) is 31.7 Å². The Morgan fingerprint density at radius 1 is 1.40 bits per heavy atom. The molecule has 3 nitrogen and oxygen atoms in total. The van der Waals surface area contributed by atoms with E-state index in [2.05, 4.69) is 22.2 Å². The van der Waals surface area contributed by atoms with E-state index in [4.69, 9.17) is 0 Å². The highest BCUT2D eigenvalue weighted by molar-refractivity contribution is 5.03. The van der Waals surface area contributed by atoms with Gasteiger partial charge in [0.15, 0.2) is 0 Å². The van der Waals surface area contributed by atoms with Gasteiger partial charge < -0.3 is 5.32 Å². The average Bonchev–Trinajstić information content (AvgIpc) is 3.09. The average molecular weight is 205 g/mol. The van der Waals surface area contributed by atoms with E-state index >= 15 is 0 Å². The van der Waals surface area contributed by atoms with Gasteiger partial charge in [-0.15, -0.1) is 0 Å². The first-order valence-electron chi connectivity index (χ1n) is 5.87. The first-order valence-corrected chi connectivity index (χ1v) is 5.87. The Bertz CT molecular complexity index is 282. The third-order valence-corrected chi connectivity index (χ3v) is 3.02. The summed E-state index contributed by atoms with van der Waals surface area (Å²) in [6.07, 6.45) is 10.5. The van der Waals surface area contributed by atoms with E-state index in [1.165, 1.54) is 24.8 Å². The van der Waals surface area contributed by atoms with Crippen LogP contribution in [0, 0.1) is 5.92 Å². The molecule has 0 amide bonds. The predicted octanol–water partition coefficient (Wildman–Crippen LogP) is 1.80. The number of aromatic nitrogens is 2. The maximum absolute atomic E-state index is 4.04. The topological polar surface area (TPSA) is 37.8 Å². The van der Waals surface area contributed by atoms with Crippen LogP contribution in [0.5, 0.6) is 0 Å². The van der Waals surface area contributed by atoms with Crippen molar-refractivity contribution >= 4 is 0 Å². The Labute approximate surface area is 91.3 Å². The third-order valence-electron chi connectivity index (χ3n) is 3.02. The highest BCUT2D eigenvalue weighted by atomic mass is 14.9. The van der Waals surface area contributed by atoms with E-state index in [0.717, 1.165) is 18.9 Å². The molecule has 1 aliphatic rings. The molecule has 1 saturated carbocycles. The minimum Gasteiger partial charge on any atom is -0.314 e. The lowest BCUT2D eigenvalue weighted by Crippen LogP contribution is -2.31. The first-order chi connectivity index (χ1) is 7.40. The fourth-order valence-corrected chi connectivity index (χ4v) is 2.05. The molecule has 1 aliphatic carbocycles. The number of aryl methyl sites for hydroxylation is 1. The van der Waals surface area contributed by atoms with Crippen molar-refractivity contribution < 1.29 is 0 Å². The fraction of sp³-hybridized carbons (Fsp3) is 0.667. The second-order valence-electron chi connectivity index (χ2n) is 4.29. The van der Waals surface area contributed by atoms with Gasteiger partial charge in [0.25, 0.3) is 0 Å². The summed E-state index contributed by atoms with van der Waals surface area (Å²) in [5.74, 6) is 0.926. The smallest absolute Gasteiger partial charge is 0.115 e. The minimum atomic E-state index is 0.704. The monoisotopic (exact) mass is 205 g/mol. The van der Waals surface area contributed by atoms with Crippen LogP contribution in [-0.2, 0) is 6.42 Å². The molecule has 1 aromatic heterocycles. The first kappa shape index (κ1) is 10.6. The molecule has 3 heteroatoms. The maximum Gasteiger partial charge on any atom is 0.115 e. The molecule has 0 radical (unpaired) electrons. The van der Waals surface area contributed by atoms with Gasteiger partial charge >= 0.3 is 0 Å². The molecule has 1 heterocycles.